The molecule has 1 rings (SSSR count). The minimum atomic E-state index is -4.63. The highest BCUT2D eigenvalue weighted by Gasteiger charge is 2.80. The van der Waals surface area contributed by atoms with Gasteiger partial charge in [0, 0.05) is 0 Å². The summed E-state index contributed by atoms with van der Waals surface area (Å²) in [6, 6.07) is 0. The van der Waals surface area contributed by atoms with Crippen molar-refractivity contribution in [3.63, 3.8) is 0 Å². The van der Waals surface area contributed by atoms with Crippen LogP contribution in [0, 0.1) is 5.92 Å². The molecule has 0 bridgehead atoms. The van der Waals surface area contributed by atoms with E-state index in [9.17, 15) is 26.3 Å². The van der Waals surface area contributed by atoms with Gasteiger partial charge in [-0.25, -0.2) is 17.6 Å². The molecule has 13 heavy (non-hydrogen) atoms. The molecular weight excluding hydrogens is 198 g/mol. The third kappa shape index (κ3) is 0.942. The molecule has 0 heterocycles. The van der Waals surface area contributed by atoms with E-state index in [1.54, 1.807) is 0 Å². The second-order valence-corrected chi connectivity index (χ2v) is 3.44. The fourth-order valence-electron chi connectivity index (χ4n) is 1.41. The number of hydrogen-bond acceptors (Lipinski definition) is 0. The van der Waals surface area contributed by atoms with Crippen LogP contribution in [0.25, 0.3) is 0 Å². The van der Waals surface area contributed by atoms with Gasteiger partial charge in [-0.3, -0.25) is 0 Å². The van der Waals surface area contributed by atoms with Crippen molar-refractivity contribution in [2.24, 2.45) is 5.92 Å². The van der Waals surface area contributed by atoms with E-state index in [4.69, 9.17) is 0 Å². The Balaban J connectivity index is 3.23. The van der Waals surface area contributed by atoms with E-state index in [1.165, 1.54) is 0 Å². The Hall–Kier alpha value is -0.420. The molecule has 0 N–H and O–H groups in total. The maximum atomic E-state index is 12.9. The smallest absolute Gasteiger partial charge is 0.240 e. The molecule has 0 spiro atoms. The predicted molar refractivity (Wildman–Crippen MR) is 33.5 cm³/mol. The number of rotatable bonds is 0. The van der Waals surface area contributed by atoms with Crippen LogP contribution in [0.15, 0.2) is 0 Å². The zero-order valence-corrected chi connectivity index (χ0v) is 6.92. The molecule has 1 aliphatic carbocycles. The minimum Gasteiger partial charge on any atom is -0.240 e. The molecule has 0 aromatic heterocycles. The predicted octanol–water partition coefficient (Wildman–Crippen LogP) is 2.97. The SMILES string of the molecule is CC1C(F)C(F)(F)C(C)(F)C1(F)F. The van der Waals surface area contributed by atoms with Gasteiger partial charge in [0.25, 0.3) is 5.92 Å². The molecule has 6 heteroatoms. The first-order valence-electron chi connectivity index (χ1n) is 3.65. The summed E-state index contributed by atoms with van der Waals surface area (Å²) in [6.07, 6.45) is -3.14. The Kier molecular flexibility index (Phi) is 1.91. The lowest BCUT2D eigenvalue weighted by Gasteiger charge is -2.27. The van der Waals surface area contributed by atoms with Gasteiger partial charge in [-0.15, -0.1) is 0 Å². The van der Waals surface area contributed by atoms with E-state index in [0.717, 1.165) is 0 Å². The monoisotopic (exact) mass is 206 g/mol. The van der Waals surface area contributed by atoms with E-state index >= 15 is 0 Å². The van der Waals surface area contributed by atoms with Crippen molar-refractivity contribution >= 4 is 0 Å². The van der Waals surface area contributed by atoms with Gasteiger partial charge in [-0.05, 0) is 6.92 Å². The van der Waals surface area contributed by atoms with Crippen molar-refractivity contribution in [1.29, 1.82) is 0 Å². The third-order valence-corrected chi connectivity index (χ3v) is 2.61. The normalized spacial score (nSPS) is 48.0. The largest absolute Gasteiger partial charge is 0.318 e. The molecule has 0 aliphatic heterocycles. The molecule has 0 nitrogen and oxygen atoms in total. The van der Waals surface area contributed by atoms with E-state index in [0.29, 0.717) is 6.92 Å². The highest BCUT2D eigenvalue weighted by atomic mass is 19.3. The molecule has 0 radical (unpaired) electrons. The molecule has 3 unspecified atom stereocenters. The van der Waals surface area contributed by atoms with E-state index in [-0.39, 0.29) is 6.92 Å². The van der Waals surface area contributed by atoms with Crippen LogP contribution in [0.5, 0.6) is 0 Å². The Morgan fingerprint density at radius 2 is 1.31 bits per heavy atom. The molecule has 0 saturated heterocycles. The molecular formula is C7H8F6. The van der Waals surface area contributed by atoms with Crippen LogP contribution in [-0.4, -0.2) is 23.7 Å². The van der Waals surface area contributed by atoms with Crippen molar-refractivity contribution in [1.82, 2.24) is 0 Å². The second kappa shape index (κ2) is 2.33. The van der Waals surface area contributed by atoms with Gasteiger partial charge < -0.3 is 0 Å². The first kappa shape index (κ1) is 10.7. The molecule has 0 aromatic carbocycles. The average Bonchev–Trinajstić information content (AvgIpc) is 2.05. The van der Waals surface area contributed by atoms with Crippen LogP contribution < -0.4 is 0 Å². The van der Waals surface area contributed by atoms with Crippen LogP contribution >= 0.6 is 0 Å². The van der Waals surface area contributed by atoms with Gasteiger partial charge in [0.05, 0.1) is 5.92 Å². The van der Waals surface area contributed by atoms with Crippen LogP contribution in [-0.2, 0) is 0 Å². The first-order valence-corrected chi connectivity index (χ1v) is 3.65. The standard InChI is InChI=1S/C7H8F6/c1-3-4(8)7(12,13)5(2,9)6(3,10)11/h3-4H,1-2H3. The summed E-state index contributed by atoms with van der Waals surface area (Å²) < 4.78 is 76.3. The van der Waals surface area contributed by atoms with Gasteiger partial charge in [-0.1, -0.05) is 6.92 Å². The van der Waals surface area contributed by atoms with Crippen LogP contribution in [0.3, 0.4) is 0 Å². The maximum absolute atomic E-state index is 12.9. The fraction of sp³-hybridized carbons (Fsp3) is 1.00. The minimum absolute atomic E-state index is 0.0308. The van der Waals surface area contributed by atoms with Gasteiger partial charge in [0.2, 0.25) is 5.67 Å². The lowest BCUT2D eigenvalue weighted by Crippen LogP contribution is -2.50. The van der Waals surface area contributed by atoms with Gasteiger partial charge in [-0.2, -0.15) is 8.78 Å². The first-order chi connectivity index (χ1) is 5.57. The zero-order chi connectivity index (χ0) is 10.7. The summed E-state index contributed by atoms with van der Waals surface area (Å²) in [4.78, 5) is 0. The van der Waals surface area contributed by atoms with Crippen LogP contribution in [0.1, 0.15) is 13.8 Å². The fourth-order valence-corrected chi connectivity index (χ4v) is 1.41. The summed E-state index contributed by atoms with van der Waals surface area (Å²) in [5.41, 5.74) is -4.11. The lowest BCUT2D eigenvalue weighted by molar-refractivity contribution is -0.205. The van der Waals surface area contributed by atoms with Crippen molar-refractivity contribution in [2.75, 3.05) is 0 Å². The van der Waals surface area contributed by atoms with Crippen molar-refractivity contribution in [3.05, 3.63) is 0 Å². The average molecular weight is 206 g/mol. The topological polar surface area (TPSA) is 0 Å². The molecule has 1 aliphatic rings. The molecule has 1 saturated carbocycles. The van der Waals surface area contributed by atoms with Crippen LogP contribution in [0.4, 0.5) is 26.3 Å². The molecule has 3 atom stereocenters. The van der Waals surface area contributed by atoms with Crippen molar-refractivity contribution in [2.45, 2.75) is 37.5 Å². The Labute approximate surface area is 70.9 Å². The summed E-state index contributed by atoms with van der Waals surface area (Å²) in [7, 11) is 0. The molecule has 1 fully saturated rings. The van der Waals surface area contributed by atoms with Crippen molar-refractivity contribution in [3.8, 4) is 0 Å². The Morgan fingerprint density at radius 1 is 0.923 bits per heavy atom. The summed E-state index contributed by atoms with van der Waals surface area (Å²) >= 11 is 0. The third-order valence-electron chi connectivity index (χ3n) is 2.61. The van der Waals surface area contributed by atoms with Gasteiger partial charge in [0.1, 0.15) is 0 Å². The summed E-state index contributed by atoms with van der Waals surface area (Å²) in [5, 5.41) is 0. The molecule has 78 valence electrons. The lowest BCUT2D eigenvalue weighted by atomic mass is 9.99. The Bertz CT molecular complexity index is 199. The second-order valence-electron chi connectivity index (χ2n) is 3.44. The van der Waals surface area contributed by atoms with E-state index in [2.05, 4.69) is 0 Å². The number of alkyl halides is 6. The van der Waals surface area contributed by atoms with E-state index < -0.39 is 29.6 Å². The zero-order valence-electron chi connectivity index (χ0n) is 6.92. The Morgan fingerprint density at radius 3 is 1.38 bits per heavy atom. The highest BCUT2D eigenvalue weighted by molar-refractivity contribution is 5.15. The van der Waals surface area contributed by atoms with Gasteiger partial charge >= 0.3 is 5.92 Å². The summed E-state index contributed by atoms with van der Waals surface area (Å²) in [6.45, 7) is 0.604. The molecule has 0 amide bonds. The quantitative estimate of drug-likeness (QED) is 0.534. The number of hydrogen-bond donors (Lipinski definition) is 0. The van der Waals surface area contributed by atoms with E-state index in [1.807, 2.05) is 0 Å². The maximum Gasteiger partial charge on any atom is 0.318 e. The van der Waals surface area contributed by atoms with Gasteiger partial charge in [0.15, 0.2) is 6.17 Å². The summed E-state index contributed by atoms with van der Waals surface area (Å²) in [5.74, 6) is -11.3. The molecule has 0 aromatic rings. The number of halogens is 6. The van der Waals surface area contributed by atoms with Crippen molar-refractivity contribution < 1.29 is 26.3 Å². The van der Waals surface area contributed by atoms with Crippen LogP contribution in [0.2, 0.25) is 0 Å². The highest BCUT2D eigenvalue weighted by Crippen LogP contribution is 2.58.